The molecule has 2 aromatic carbocycles. The van der Waals surface area contributed by atoms with Gasteiger partial charge in [0.2, 0.25) is 0 Å². The largest absolute Gasteiger partial charge is 0.355 e. The zero-order chi connectivity index (χ0) is 22.7. The first kappa shape index (κ1) is 21.2. The first-order valence-electron chi connectivity index (χ1n) is 9.74. The second-order valence-corrected chi connectivity index (χ2v) is 7.50. The third kappa shape index (κ3) is 4.34. The Labute approximate surface area is 189 Å². The lowest BCUT2D eigenvalue weighted by atomic mass is 10.1. The predicted molar refractivity (Wildman–Crippen MR) is 126 cm³/mol. The molecule has 3 aromatic rings. The third-order valence-corrected chi connectivity index (χ3v) is 5.33. The van der Waals surface area contributed by atoms with E-state index in [1.54, 1.807) is 18.2 Å². The van der Waals surface area contributed by atoms with Crippen LogP contribution in [0.3, 0.4) is 0 Å². The van der Waals surface area contributed by atoms with Gasteiger partial charge < -0.3 is 10.4 Å². The summed E-state index contributed by atoms with van der Waals surface area (Å²) in [6.07, 6.45) is 1.52. The van der Waals surface area contributed by atoms with Gasteiger partial charge in [-0.25, -0.2) is 5.84 Å². The number of benzene rings is 2. The number of amides is 2. The molecule has 6 N–H and O–H groups in total. The Kier molecular flexibility index (Phi) is 5.93. The molecule has 8 nitrogen and oxygen atoms in total. The van der Waals surface area contributed by atoms with Gasteiger partial charge in [0.05, 0.1) is 6.54 Å². The van der Waals surface area contributed by atoms with Crippen LogP contribution in [0.5, 0.6) is 0 Å². The molecule has 0 aliphatic carbocycles. The molecule has 32 heavy (non-hydrogen) atoms. The summed E-state index contributed by atoms with van der Waals surface area (Å²) in [6.45, 7) is 0.269. The van der Waals surface area contributed by atoms with Crippen molar-refractivity contribution >= 4 is 41.1 Å². The van der Waals surface area contributed by atoms with Crippen molar-refractivity contribution in [2.45, 2.75) is 6.54 Å². The van der Waals surface area contributed by atoms with Crippen LogP contribution in [0.4, 0.5) is 0 Å². The summed E-state index contributed by atoms with van der Waals surface area (Å²) in [7, 11) is 0. The van der Waals surface area contributed by atoms with Crippen LogP contribution in [0.25, 0.3) is 17.3 Å². The van der Waals surface area contributed by atoms with E-state index in [0.717, 1.165) is 16.8 Å². The molecule has 0 atom stereocenters. The summed E-state index contributed by atoms with van der Waals surface area (Å²) in [4.78, 5) is 30.1. The lowest BCUT2D eigenvalue weighted by Crippen LogP contribution is -2.53. The zero-order valence-corrected chi connectivity index (χ0v) is 17.7. The van der Waals surface area contributed by atoms with E-state index >= 15 is 0 Å². The Hall–Kier alpha value is -4.08. The van der Waals surface area contributed by atoms with E-state index in [1.165, 1.54) is 11.0 Å². The van der Waals surface area contributed by atoms with Gasteiger partial charge in [-0.15, -0.1) is 0 Å². The van der Waals surface area contributed by atoms with Gasteiger partial charge in [-0.05, 0) is 41.6 Å². The van der Waals surface area contributed by atoms with Crippen molar-refractivity contribution in [2.75, 3.05) is 0 Å². The zero-order valence-electron chi connectivity index (χ0n) is 16.9. The lowest BCUT2D eigenvalue weighted by molar-refractivity contribution is -0.129. The van der Waals surface area contributed by atoms with Crippen molar-refractivity contribution in [3.63, 3.8) is 0 Å². The molecule has 2 heterocycles. The Morgan fingerprint density at radius 3 is 2.47 bits per heavy atom. The van der Waals surface area contributed by atoms with Gasteiger partial charge in [-0.1, -0.05) is 54.6 Å². The molecule has 0 spiro atoms. The van der Waals surface area contributed by atoms with Crippen molar-refractivity contribution in [1.29, 1.82) is 5.41 Å². The normalized spacial score (nSPS) is 15.1. The van der Waals surface area contributed by atoms with E-state index in [9.17, 15) is 9.59 Å². The monoisotopic (exact) mass is 444 g/mol. The van der Waals surface area contributed by atoms with Gasteiger partial charge in [0.25, 0.3) is 11.8 Å². The number of aromatic amines is 1. The van der Waals surface area contributed by atoms with E-state index in [1.807, 2.05) is 48.5 Å². The molecule has 0 saturated carbocycles. The number of carbonyl (C=O) groups excluding carboxylic acids is 2. The average Bonchev–Trinajstić information content (AvgIpc) is 3.28. The standard InChI is InChI=1S/C23H20N6O2S/c24-20(28-25)16-8-6-15(7-9-16)19-11-10-17(26-19)12-18-21(30)27-23(32)29(22(18)31)13-14-4-2-1-3-5-14/h1-12,26H,13,25H2,(H2,24,28)(H,27,30,32)/b18-12+. The molecule has 2 amide bonds. The third-order valence-electron chi connectivity index (χ3n) is 5.01. The maximum absolute atomic E-state index is 13.0. The predicted octanol–water partition coefficient (Wildman–Crippen LogP) is 2.30. The molecule has 1 aromatic heterocycles. The van der Waals surface area contributed by atoms with Crippen LogP contribution in [0.1, 0.15) is 16.8 Å². The second-order valence-electron chi connectivity index (χ2n) is 7.12. The van der Waals surface area contributed by atoms with Crippen LogP contribution in [-0.4, -0.2) is 32.6 Å². The summed E-state index contributed by atoms with van der Waals surface area (Å²) in [5, 5.41) is 10.4. The number of carbonyl (C=O) groups is 2. The molecular weight excluding hydrogens is 424 g/mol. The summed E-state index contributed by atoms with van der Waals surface area (Å²) in [5.74, 6) is 4.41. The van der Waals surface area contributed by atoms with E-state index in [-0.39, 0.29) is 23.1 Å². The number of H-pyrrole nitrogens is 1. The minimum atomic E-state index is -0.530. The molecule has 0 bridgehead atoms. The molecule has 1 saturated heterocycles. The highest BCUT2D eigenvalue weighted by atomic mass is 32.1. The topological polar surface area (TPSA) is 127 Å². The van der Waals surface area contributed by atoms with Gasteiger partial charge in [-0.3, -0.25) is 25.2 Å². The molecule has 0 unspecified atom stereocenters. The maximum Gasteiger partial charge on any atom is 0.266 e. The molecule has 4 rings (SSSR count). The molecule has 1 aliphatic rings. The number of nitrogens with zero attached hydrogens (tertiary/aromatic N) is 1. The smallest absolute Gasteiger partial charge is 0.266 e. The highest BCUT2D eigenvalue weighted by molar-refractivity contribution is 7.80. The number of hydrogen-bond acceptors (Lipinski definition) is 5. The Morgan fingerprint density at radius 1 is 1.06 bits per heavy atom. The fourth-order valence-electron chi connectivity index (χ4n) is 3.32. The molecule has 1 fully saturated rings. The first-order chi connectivity index (χ1) is 15.5. The molecule has 9 heteroatoms. The molecular formula is C23H20N6O2S. The highest BCUT2D eigenvalue weighted by Crippen LogP contribution is 2.22. The van der Waals surface area contributed by atoms with Gasteiger partial charge >= 0.3 is 0 Å². The SMILES string of the molecule is N=C(NN)c1ccc(-c2ccc(/C=C3\C(=O)NC(=S)N(Cc4ccccc4)C3=O)[nH]2)cc1. The fraction of sp³-hybridized carbons (Fsp3) is 0.0435. The van der Waals surface area contributed by atoms with Gasteiger partial charge in [0.1, 0.15) is 11.4 Å². The second kappa shape index (κ2) is 8.96. The maximum atomic E-state index is 13.0. The number of hydrogen-bond donors (Lipinski definition) is 5. The van der Waals surface area contributed by atoms with Gasteiger partial charge in [-0.2, -0.15) is 0 Å². The first-order valence-corrected chi connectivity index (χ1v) is 10.1. The average molecular weight is 445 g/mol. The van der Waals surface area contributed by atoms with E-state index < -0.39 is 11.8 Å². The highest BCUT2D eigenvalue weighted by Gasteiger charge is 2.33. The Morgan fingerprint density at radius 2 is 1.78 bits per heavy atom. The number of rotatable bonds is 5. The number of nitrogens with one attached hydrogen (secondary N) is 4. The Bertz CT molecular complexity index is 1230. The van der Waals surface area contributed by atoms with E-state index in [4.69, 9.17) is 23.5 Å². The summed E-state index contributed by atoms with van der Waals surface area (Å²) in [6, 6.07) is 20.3. The minimum absolute atomic E-state index is 0.000692. The Balaban J connectivity index is 1.57. The lowest BCUT2D eigenvalue weighted by Gasteiger charge is -2.28. The molecule has 1 aliphatic heterocycles. The summed E-state index contributed by atoms with van der Waals surface area (Å²) in [5.41, 5.74) is 6.16. The number of aromatic nitrogens is 1. The van der Waals surface area contributed by atoms with Crippen LogP contribution < -0.4 is 16.6 Å². The number of hydrazine groups is 1. The summed E-state index contributed by atoms with van der Waals surface area (Å²) < 4.78 is 0. The van der Waals surface area contributed by atoms with E-state index in [2.05, 4.69) is 15.7 Å². The summed E-state index contributed by atoms with van der Waals surface area (Å²) >= 11 is 5.21. The van der Waals surface area contributed by atoms with Crippen LogP contribution in [0, 0.1) is 5.41 Å². The van der Waals surface area contributed by atoms with Crippen LogP contribution in [0.2, 0.25) is 0 Å². The molecule has 0 radical (unpaired) electrons. The van der Waals surface area contributed by atoms with E-state index in [0.29, 0.717) is 11.3 Å². The van der Waals surface area contributed by atoms with Crippen LogP contribution in [-0.2, 0) is 16.1 Å². The fourth-order valence-corrected chi connectivity index (χ4v) is 3.56. The van der Waals surface area contributed by atoms with Crippen LogP contribution in [0.15, 0.2) is 72.3 Å². The minimum Gasteiger partial charge on any atom is -0.355 e. The van der Waals surface area contributed by atoms with Crippen molar-refractivity contribution in [2.24, 2.45) is 5.84 Å². The van der Waals surface area contributed by atoms with Crippen molar-refractivity contribution in [3.8, 4) is 11.3 Å². The van der Waals surface area contributed by atoms with Gasteiger partial charge in [0.15, 0.2) is 5.11 Å². The van der Waals surface area contributed by atoms with Crippen molar-refractivity contribution in [1.82, 2.24) is 20.6 Å². The van der Waals surface area contributed by atoms with Gasteiger partial charge in [0, 0.05) is 17.0 Å². The van der Waals surface area contributed by atoms with Crippen molar-refractivity contribution < 1.29 is 9.59 Å². The number of nitrogens with two attached hydrogens (primary N) is 1. The number of amidine groups is 1. The quantitative estimate of drug-likeness (QED) is 0.0785. The van der Waals surface area contributed by atoms with Crippen molar-refractivity contribution in [3.05, 3.63) is 89.1 Å². The number of thiocarbonyl (C=S) groups is 1. The molecule has 160 valence electrons. The van der Waals surface area contributed by atoms with Crippen LogP contribution >= 0.6 is 12.2 Å².